The molecule has 0 saturated carbocycles. The third kappa shape index (κ3) is 2.68. The molecule has 100 valence electrons. The molecule has 0 bridgehead atoms. The van der Waals surface area contributed by atoms with Crippen LogP contribution < -0.4 is 10.2 Å². The van der Waals surface area contributed by atoms with Gasteiger partial charge in [0.15, 0.2) is 0 Å². The Kier molecular flexibility index (Phi) is 3.93. The molecule has 1 heterocycles. The fraction of sp³-hybridized carbons (Fsp3) is 0.600. The predicted octanol–water partition coefficient (Wildman–Crippen LogP) is 1.80. The van der Waals surface area contributed by atoms with Crippen molar-refractivity contribution in [2.45, 2.75) is 25.4 Å². The van der Waals surface area contributed by atoms with Gasteiger partial charge in [-0.25, -0.2) is 0 Å². The summed E-state index contributed by atoms with van der Waals surface area (Å²) in [7, 11) is 4.26. The topological polar surface area (TPSA) is 18.5 Å². The predicted molar refractivity (Wildman–Crippen MR) is 78.2 cm³/mol. The van der Waals surface area contributed by atoms with Gasteiger partial charge in [0.05, 0.1) is 6.04 Å². The van der Waals surface area contributed by atoms with Crippen molar-refractivity contribution in [1.29, 1.82) is 0 Å². The van der Waals surface area contributed by atoms with Crippen LogP contribution in [0.15, 0.2) is 30.3 Å². The van der Waals surface area contributed by atoms with Crippen molar-refractivity contribution < 1.29 is 0 Å². The molecule has 3 heteroatoms. The van der Waals surface area contributed by atoms with E-state index in [9.17, 15) is 0 Å². The molecule has 1 aliphatic heterocycles. The minimum Gasteiger partial charge on any atom is -0.364 e. The van der Waals surface area contributed by atoms with Gasteiger partial charge in [0, 0.05) is 30.9 Å². The highest BCUT2D eigenvalue weighted by atomic mass is 15.3. The zero-order valence-electron chi connectivity index (χ0n) is 12.0. The highest BCUT2D eigenvalue weighted by Gasteiger charge is 2.36. The van der Waals surface area contributed by atoms with Gasteiger partial charge in [0.1, 0.15) is 0 Å². The van der Waals surface area contributed by atoms with Gasteiger partial charge in [-0.15, -0.1) is 0 Å². The number of para-hydroxylation sites is 1. The Morgan fingerprint density at radius 1 is 1.28 bits per heavy atom. The summed E-state index contributed by atoms with van der Waals surface area (Å²) < 4.78 is 0. The summed E-state index contributed by atoms with van der Waals surface area (Å²) in [6.45, 7) is 7.83. The molecule has 1 unspecified atom stereocenters. The number of nitrogens with zero attached hydrogens (tertiary/aromatic N) is 2. The molecule has 1 fully saturated rings. The van der Waals surface area contributed by atoms with E-state index in [2.05, 4.69) is 66.3 Å². The molecule has 1 aromatic rings. The lowest BCUT2D eigenvalue weighted by atomic mass is 9.95. The van der Waals surface area contributed by atoms with Crippen LogP contribution in [0.1, 0.15) is 13.8 Å². The molecule has 1 aliphatic rings. The third-order valence-corrected chi connectivity index (χ3v) is 4.04. The lowest BCUT2D eigenvalue weighted by Gasteiger charge is -2.50. The number of rotatable bonds is 3. The maximum Gasteiger partial charge on any atom is 0.0542 e. The van der Waals surface area contributed by atoms with E-state index in [1.807, 2.05) is 7.05 Å². The van der Waals surface area contributed by atoms with Crippen molar-refractivity contribution in [1.82, 2.24) is 10.2 Å². The fourth-order valence-corrected chi connectivity index (χ4v) is 2.66. The van der Waals surface area contributed by atoms with Gasteiger partial charge in [-0.2, -0.15) is 0 Å². The minimum absolute atomic E-state index is 0.222. The second-order valence-electron chi connectivity index (χ2n) is 5.87. The molecule has 0 aliphatic carbocycles. The maximum atomic E-state index is 3.32. The number of hydrogen-bond acceptors (Lipinski definition) is 3. The standard InChI is InChI=1S/C15H25N3/c1-15(2)12-18(13-8-6-5-7-9-13)14(10-16-3)11-17(15)4/h5-9,14,16H,10-12H2,1-4H3. The maximum absolute atomic E-state index is 3.32. The van der Waals surface area contributed by atoms with Crippen molar-refractivity contribution in [3.8, 4) is 0 Å². The Bertz CT molecular complexity index is 375. The molecule has 1 aromatic carbocycles. The van der Waals surface area contributed by atoms with Crippen LogP contribution in [0.25, 0.3) is 0 Å². The SMILES string of the molecule is CNCC1CN(C)C(C)(C)CN1c1ccccc1. The number of benzene rings is 1. The van der Waals surface area contributed by atoms with Crippen molar-refractivity contribution in [3.63, 3.8) is 0 Å². The summed E-state index contributed by atoms with van der Waals surface area (Å²) in [6.07, 6.45) is 0. The van der Waals surface area contributed by atoms with Crippen LogP contribution >= 0.6 is 0 Å². The normalized spacial score (nSPS) is 24.2. The third-order valence-electron chi connectivity index (χ3n) is 4.04. The van der Waals surface area contributed by atoms with E-state index in [0.29, 0.717) is 6.04 Å². The molecule has 1 atom stereocenters. The van der Waals surface area contributed by atoms with E-state index in [1.165, 1.54) is 5.69 Å². The van der Waals surface area contributed by atoms with Crippen LogP contribution in [0, 0.1) is 0 Å². The zero-order valence-corrected chi connectivity index (χ0v) is 12.0. The van der Waals surface area contributed by atoms with Gasteiger partial charge in [-0.05, 0) is 40.1 Å². The summed E-state index contributed by atoms with van der Waals surface area (Å²) in [5, 5.41) is 3.32. The Morgan fingerprint density at radius 3 is 2.56 bits per heavy atom. The number of anilines is 1. The first-order valence-electron chi connectivity index (χ1n) is 6.72. The first kappa shape index (κ1) is 13.4. The van der Waals surface area contributed by atoms with Gasteiger partial charge in [-0.3, -0.25) is 4.90 Å². The molecule has 1 saturated heterocycles. The first-order valence-corrected chi connectivity index (χ1v) is 6.72. The van der Waals surface area contributed by atoms with Crippen LogP contribution in [-0.4, -0.2) is 50.2 Å². The molecule has 0 radical (unpaired) electrons. The summed E-state index contributed by atoms with van der Waals surface area (Å²) >= 11 is 0. The zero-order chi connectivity index (χ0) is 13.2. The summed E-state index contributed by atoms with van der Waals surface area (Å²) in [5.41, 5.74) is 1.55. The van der Waals surface area contributed by atoms with Crippen LogP contribution in [0.2, 0.25) is 0 Å². The van der Waals surface area contributed by atoms with E-state index in [1.54, 1.807) is 0 Å². The Labute approximate surface area is 111 Å². The molecule has 0 aromatic heterocycles. The Balaban J connectivity index is 2.24. The van der Waals surface area contributed by atoms with Gasteiger partial charge in [-0.1, -0.05) is 18.2 Å². The Hall–Kier alpha value is -1.06. The number of hydrogen-bond donors (Lipinski definition) is 1. The lowest BCUT2D eigenvalue weighted by molar-refractivity contribution is 0.115. The molecular formula is C15H25N3. The number of likely N-dealkylation sites (N-methyl/N-ethyl adjacent to an activating group) is 2. The quantitative estimate of drug-likeness (QED) is 0.879. The van der Waals surface area contributed by atoms with Gasteiger partial charge in [0.25, 0.3) is 0 Å². The number of nitrogens with one attached hydrogen (secondary N) is 1. The van der Waals surface area contributed by atoms with Gasteiger partial charge < -0.3 is 10.2 Å². The Morgan fingerprint density at radius 2 is 1.94 bits per heavy atom. The monoisotopic (exact) mass is 247 g/mol. The van der Waals surface area contributed by atoms with E-state index in [4.69, 9.17) is 0 Å². The average Bonchev–Trinajstić information content (AvgIpc) is 2.35. The molecule has 2 rings (SSSR count). The minimum atomic E-state index is 0.222. The van der Waals surface area contributed by atoms with Gasteiger partial charge in [0.2, 0.25) is 0 Å². The first-order chi connectivity index (χ1) is 8.54. The van der Waals surface area contributed by atoms with E-state index in [0.717, 1.165) is 19.6 Å². The van der Waals surface area contributed by atoms with E-state index < -0.39 is 0 Å². The van der Waals surface area contributed by atoms with Gasteiger partial charge >= 0.3 is 0 Å². The van der Waals surface area contributed by atoms with Crippen LogP contribution in [0.5, 0.6) is 0 Å². The summed E-state index contributed by atoms with van der Waals surface area (Å²) in [5.74, 6) is 0. The van der Waals surface area contributed by atoms with Crippen molar-refractivity contribution in [2.75, 3.05) is 38.6 Å². The van der Waals surface area contributed by atoms with Crippen LogP contribution in [0.3, 0.4) is 0 Å². The smallest absolute Gasteiger partial charge is 0.0542 e. The van der Waals surface area contributed by atoms with Crippen LogP contribution in [-0.2, 0) is 0 Å². The highest BCUT2D eigenvalue weighted by molar-refractivity contribution is 5.48. The highest BCUT2D eigenvalue weighted by Crippen LogP contribution is 2.27. The van der Waals surface area contributed by atoms with Crippen molar-refractivity contribution in [3.05, 3.63) is 30.3 Å². The lowest BCUT2D eigenvalue weighted by Crippen LogP contribution is -2.64. The average molecular weight is 247 g/mol. The molecule has 1 N–H and O–H groups in total. The molecular weight excluding hydrogens is 222 g/mol. The molecule has 0 spiro atoms. The van der Waals surface area contributed by atoms with E-state index in [-0.39, 0.29) is 5.54 Å². The van der Waals surface area contributed by atoms with E-state index >= 15 is 0 Å². The fourth-order valence-electron chi connectivity index (χ4n) is 2.66. The second kappa shape index (κ2) is 5.29. The van der Waals surface area contributed by atoms with Crippen LogP contribution in [0.4, 0.5) is 5.69 Å². The molecule has 0 amide bonds. The van der Waals surface area contributed by atoms with Crippen molar-refractivity contribution >= 4 is 5.69 Å². The molecule has 3 nitrogen and oxygen atoms in total. The van der Waals surface area contributed by atoms with Crippen molar-refractivity contribution in [2.24, 2.45) is 0 Å². The molecule has 18 heavy (non-hydrogen) atoms. The number of piperazine rings is 1. The second-order valence-corrected chi connectivity index (χ2v) is 5.87. The summed E-state index contributed by atoms with van der Waals surface area (Å²) in [6, 6.07) is 11.3. The summed E-state index contributed by atoms with van der Waals surface area (Å²) in [4.78, 5) is 5.00. The largest absolute Gasteiger partial charge is 0.364 e.